The average Bonchev–Trinajstić information content (AvgIpc) is 3.24. The number of sulfone groups is 2. The van der Waals surface area contributed by atoms with Crippen LogP contribution in [-0.2, 0) is 67.3 Å². The first-order chi connectivity index (χ1) is 30.6. The molecule has 36 heteroatoms. The Hall–Kier alpha value is -1.27. The number of hydrogen-bond donors (Lipinski definition) is 3. The third-order valence-electron chi connectivity index (χ3n) is 8.16. The Morgan fingerprint density at radius 3 is 1.84 bits per heavy atom. The molecule has 0 saturated heterocycles. The first kappa shape index (κ1) is 65.7. The van der Waals surface area contributed by atoms with Gasteiger partial charge in [0.25, 0.3) is 5.91 Å². The standard InChI is InChI=1S/C33H30N6O20S6.4Na/c34-29-28-20(17-26(60-58-56-42)30(32(28)40)38-36-22-6-10-25(11-7-22)63(46,47)15-13-55-65(51,52)53)18-27(64(48,49)50)31(29)39-37-23-3-1-2-19(16-23)33(41)35-21-4-8-24(9-5-21)62(44,45)14-12-54-61-59-57-43;;;;/h1-11,16-18,40,42-43H,12-15,34H2,(H,35,41)(H,48,49,50)(H,51,52,53);;;;/q;4*+1/p-4. The molecule has 4 N–H and O–H groups in total. The molecule has 0 aromatic heterocycles. The van der Waals surface area contributed by atoms with Crippen LogP contribution in [-0.4, -0.2) is 78.5 Å². The number of nitrogens with two attached hydrogens (primary N) is 1. The minimum Gasteiger partial charge on any atom is -0.744 e. The number of nitrogen functional groups attached to an aromatic ring is 1. The summed E-state index contributed by atoms with van der Waals surface area (Å²) in [5, 5.41) is 56.0. The molecule has 0 bridgehead atoms. The molecule has 69 heavy (non-hydrogen) atoms. The maximum atomic E-state index is 13.1. The molecule has 0 aliphatic heterocycles. The number of nitrogens with zero attached hydrogens (tertiary/aromatic N) is 4. The Kier molecular flexibility index (Phi) is 28.2. The summed E-state index contributed by atoms with van der Waals surface area (Å²) in [5.41, 5.74) is 4.54. The molecule has 0 unspecified atom stereocenters. The number of phenols is 1. The van der Waals surface area contributed by atoms with Crippen LogP contribution in [0.1, 0.15) is 10.4 Å². The van der Waals surface area contributed by atoms with Gasteiger partial charge in [0.05, 0.1) is 78.8 Å². The number of phenolic OH excluding ortho intramolecular Hbond substituents is 1. The molecule has 0 aliphatic rings. The Labute approximate surface area is 489 Å². The van der Waals surface area contributed by atoms with Gasteiger partial charge in [0.15, 0.2) is 37.7 Å². The van der Waals surface area contributed by atoms with Crippen molar-refractivity contribution in [2.45, 2.75) is 19.6 Å². The van der Waals surface area contributed by atoms with E-state index < -0.39 is 91.9 Å². The van der Waals surface area contributed by atoms with E-state index >= 15 is 0 Å². The van der Waals surface area contributed by atoms with Crippen molar-refractivity contribution in [2.24, 2.45) is 20.5 Å². The smallest absolute Gasteiger partial charge is 0.744 e. The largest absolute Gasteiger partial charge is 1.00 e. The number of benzene rings is 5. The molecule has 1 amide bonds. The number of rotatable bonds is 22. The normalized spacial score (nSPS) is 11.9. The van der Waals surface area contributed by atoms with E-state index in [1.165, 1.54) is 48.5 Å². The second kappa shape index (κ2) is 29.6. The van der Waals surface area contributed by atoms with Gasteiger partial charge >= 0.3 is 118 Å². The molecule has 0 spiro atoms. The van der Waals surface area contributed by atoms with Gasteiger partial charge in [-0.25, -0.2) is 33.7 Å². The van der Waals surface area contributed by atoms with Crippen LogP contribution in [0.2, 0.25) is 0 Å². The molecule has 5 rings (SSSR count). The third-order valence-corrected chi connectivity index (χ3v) is 13.8. The maximum absolute atomic E-state index is 13.1. The summed E-state index contributed by atoms with van der Waals surface area (Å²) in [6, 6.07) is 16.7. The van der Waals surface area contributed by atoms with Gasteiger partial charge in [0.2, 0.25) is 10.4 Å². The summed E-state index contributed by atoms with van der Waals surface area (Å²) < 4.78 is 136. The summed E-state index contributed by atoms with van der Waals surface area (Å²) in [6.45, 7) is -1.29. The number of nitrogens with one attached hydrogen (secondary N) is 1. The summed E-state index contributed by atoms with van der Waals surface area (Å²) >= 11 is 0.325. The van der Waals surface area contributed by atoms with Crippen molar-refractivity contribution in [3.8, 4) is 5.75 Å². The van der Waals surface area contributed by atoms with E-state index in [1.807, 2.05) is 0 Å². The van der Waals surface area contributed by atoms with Crippen molar-refractivity contribution < 1.29 is 209 Å². The monoisotopic (exact) mass is 1110 g/mol. The first-order valence-electron chi connectivity index (χ1n) is 17.1. The molecular formula is C33H26N6Na4O20S6. The summed E-state index contributed by atoms with van der Waals surface area (Å²) in [7, 11) is -18.5. The van der Waals surface area contributed by atoms with Crippen LogP contribution < -0.4 is 140 Å². The van der Waals surface area contributed by atoms with E-state index in [4.69, 9.17) is 9.92 Å². The fourth-order valence-electron chi connectivity index (χ4n) is 5.30. The number of azo groups is 2. The van der Waals surface area contributed by atoms with E-state index in [9.17, 15) is 63.2 Å². The Morgan fingerprint density at radius 2 is 1.26 bits per heavy atom. The number of amides is 1. The molecule has 0 radical (unpaired) electrons. The number of carbonyl (C=O) groups excluding carboxylic acids is 1. The fraction of sp³-hybridized carbons (Fsp3) is 0.121. The van der Waals surface area contributed by atoms with Gasteiger partial charge in [-0.3, -0.25) is 23.2 Å². The van der Waals surface area contributed by atoms with Gasteiger partial charge in [-0.15, -0.1) is 14.6 Å². The minimum absolute atomic E-state index is 0. The van der Waals surface area contributed by atoms with Crippen molar-refractivity contribution in [2.75, 3.05) is 35.8 Å². The predicted octanol–water partition coefficient (Wildman–Crippen LogP) is -8.81. The van der Waals surface area contributed by atoms with Crippen molar-refractivity contribution in [1.29, 1.82) is 0 Å². The quantitative estimate of drug-likeness (QED) is 0.00667. The van der Waals surface area contributed by atoms with Gasteiger partial charge in [0, 0.05) is 11.3 Å². The number of fused-ring (bicyclic) bond motifs is 1. The van der Waals surface area contributed by atoms with E-state index in [2.05, 4.69) is 48.7 Å². The van der Waals surface area contributed by atoms with Crippen molar-refractivity contribution in [1.82, 2.24) is 0 Å². The third kappa shape index (κ3) is 19.2. The SMILES string of the molecule is Nc1c(N=Nc2cccc(C(=O)Nc3ccc(S(=O)(=O)CCOSOO[O-])cc3)c2)c(S(=O)(=O)[O-])cc2cc(SOO[O-])c(N=Nc3ccc(S(=O)(=O)CCOS(=O)(=O)[O-])cc3)c(O)c12.[Na+].[Na+].[Na+].[Na+]. The van der Waals surface area contributed by atoms with E-state index in [-0.39, 0.29) is 197 Å². The molecule has 0 fully saturated rings. The number of aromatic hydroxyl groups is 1. The van der Waals surface area contributed by atoms with Crippen LogP contribution in [0.25, 0.3) is 10.8 Å². The molecule has 0 heterocycles. The van der Waals surface area contributed by atoms with Crippen molar-refractivity contribution in [3.05, 3.63) is 90.5 Å². The molecule has 0 aliphatic carbocycles. The fourth-order valence-corrected chi connectivity index (χ4v) is 9.34. The van der Waals surface area contributed by atoms with E-state index in [1.54, 1.807) is 0 Å². The van der Waals surface area contributed by atoms with Gasteiger partial charge in [-0.05, 0) is 84.2 Å². The molecular weight excluding hydrogens is 1080 g/mol. The number of anilines is 2. The van der Waals surface area contributed by atoms with Crippen LogP contribution in [0.4, 0.5) is 34.1 Å². The topological polar surface area (TPSA) is 409 Å². The Morgan fingerprint density at radius 1 is 0.696 bits per heavy atom. The summed E-state index contributed by atoms with van der Waals surface area (Å²) in [5.74, 6) is -2.87. The van der Waals surface area contributed by atoms with E-state index in [0.29, 0.717) is 0 Å². The molecule has 0 atom stereocenters. The van der Waals surface area contributed by atoms with E-state index in [0.717, 1.165) is 36.4 Å². The number of carbonyl (C=O) groups is 1. The molecule has 26 nitrogen and oxygen atoms in total. The molecule has 0 saturated carbocycles. The Balaban J connectivity index is 0.00000595. The predicted molar refractivity (Wildman–Crippen MR) is 217 cm³/mol. The van der Waals surface area contributed by atoms with Crippen molar-refractivity contribution in [3.63, 3.8) is 0 Å². The second-order valence-corrected chi connectivity index (χ2v) is 20.2. The minimum atomic E-state index is -5.39. The zero-order valence-electron chi connectivity index (χ0n) is 35.9. The van der Waals surface area contributed by atoms with Gasteiger partial charge < -0.3 is 35.8 Å². The zero-order chi connectivity index (χ0) is 47.6. The van der Waals surface area contributed by atoms with Gasteiger partial charge in [-0.2, -0.15) is 14.6 Å². The van der Waals surface area contributed by atoms with Crippen LogP contribution in [0, 0.1) is 0 Å². The van der Waals surface area contributed by atoms with Crippen molar-refractivity contribution >= 4 is 115 Å². The summed E-state index contributed by atoms with van der Waals surface area (Å²) in [4.78, 5) is 11.4. The average molecular weight is 1110 g/mol. The molecule has 5 aromatic carbocycles. The molecule has 348 valence electrons. The van der Waals surface area contributed by atoms with Crippen LogP contribution >= 0.6 is 24.4 Å². The van der Waals surface area contributed by atoms with Gasteiger partial charge in [0.1, 0.15) is 21.5 Å². The Bertz CT molecular complexity index is 3090. The zero-order valence-corrected chi connectivity index (χ0v) is 48.8. The summed E-state index contributed by atoms with van der Waals surface area (Å²) in [6.07, 6.45) is 0. The number of hydrogen-bond acceptors (Lipinski definition) is 27. The first-order valence-corrected chi connectivity index (χ1v) is 24.6. The van der Waals surface area contributed by atoms with Crippen LogP contribution in [0.3, 0.4) is 0 Å². The van der Waals surface area contributed by atoms with Crippen LogP contribution in [0.15, 0.2) is 125 Å². The molecule has 5 aromatic rings. The van der Waals surface area contributed by atoms with Crippen LogP contribution in [0.5, 0.6) is 5.75 Å². The maximum Gasteiger partial charge on any atom is 1.00 e. The second-order valence-electron chi connectivity index (χ2n) is 12.3. The van der Waals surface area contributed by atoms with Gasteiger partial charge in [-0.1, -0.05) is 6.07 Å².